The number of carbonyl (C=O) groups excluding carboxylic acids is 3. The Morgan fingerprint density at radius 1 is 1.03 bits per heavy atom. The van der Waals surface area contributed by atoms with Crippen molar-refractivity contribution < 1.29 is 19.1 Å². The number of methoxy groups -OCH3 is 1. The summed E-state index contributed by atoms with van der Waals surface area (Å²) >= 11 is 5.89. The van der Waals surface area contributed by atoms with Gasteiger partial charge in [0, 0.05) is 22.7 Å². The molecule has 32 heavy (non-hydrogen) atoms. The molecule has 0 bridgehead atoms. The van der Waals surface area contributed by atoms with Gasteiger partial charge in [-0.1, -0.05) is 35.9 Å². The van der Waals surface area contributed by atoms with E-state index in [1.54, 1.807) is 43.5 Å². The normalized spacial score (nSPS) is 14.0. The van der Waals surface area contributed by atoms with Gasteiger partial charge in [-0.25, -0.2) is 0 Å². The van der Waals surface area contributed by atoms with Gasteiger partial charge in [0.15, 0.2) is 0 Å². The number of ketones is 1. The average molecular weight is 447 g/mol. The summed E-state index contributed by atoms with van der Waals surface area (Å²) in [7, 11) is 1.59. The molecule has 0 radical (unpaired) electrons. The number of nitrogens with one attached hydrogen (secondary N) is 2. The predicted octanol–water partition coefficient (Wildman–Crippen LogP) is 4.50. The number of ether oxygens (including phenoxy) is 1. The highest BCUT2D eigenvalue weighted by atomic mass is 35.5. The fourth-order valence-corrected chi connectivity index (χ4v) is 3.43. The van der Waals surface area contributed by atoms with Crippen LogP contribution in [0, 0.1) is 0 Å². The molecular weight excluding hydrogens is 428 g/mol. The second-order valence-electron chi connectivity index (χ2n) is 7.18. The maximum absolute atomic E-state index is 13.0. The van der Waals surface area contributed by atoms with Crippen LogP contribution in [0.3, 0.4) is 0 Å². The van der Waals surface area contributed by atoms with Crippen LogP contribution < -0.4 is 15.4 Å². The van der Waals surface area contributed by atoms with Crippen molar-refractivity contribution in [3.05, 3.63) is 99.6 Å². The van der Waals surface area contributed by atoms with E-state index in [4.69, 9.17) is 16.3 Å². The standard InChI is InChI=1S/C25H19ClN2O4/c1-32-19-9-4-16(5-10-19)14-27-24(30)17-6-11-22-20(13-17)23(29)21(25(31)28-22)12-15-2-7-18(26)8-3-15/h2-13H,14H2,1H3,(H,27,30)(H,28,31)/b21-12+. The Bertz CT molecular complexity index is 1230. The van der Waals surface area contributed by atoms with Gasteiger partial charge < -0.3 is 15.4 Å². The van der Waals surface area contributed by atoms with Crippen molar-refractivity contribution in [3.63, 3.8) is 0 Å². The number of hydrogen-bond acceptors (Lipinski definition) is 4. The zero-order chi connectivity index (χ0) is 22.7. The molecule has 2 amide bonds. The van der Waals surface area contributed by atoms with Crippen molar-refractivity contribution in [2.24, 2.45) is 0 Å². The SMILES string of the molecule is COc1ccc(CNC(=O)c2ccc3c(c2)C(=O)/C(=C\c2ccc(Cl)cc2)C(=O)N3)cc1. The lowest BCUT2D eigenvalue weighted by Crippen LogP contribution is -2.28. The lowest BCUT2D eigenvalue weighted by atomic mass is 9.93. The minimum Gasteiger partial charge on any atom is -0.497 e. The minimum absolute atomic E-state index is 0.00406. The lowest BCUT2D eigenvalue weighted by molar-refractivity contribution is -0.112. The molecule has 0 saturated carbocycles. The van der Waals surface area contributed by atoms with Crippen LogP contribution in [-0.2, 0) is 11.3 Å². The van der Waals surface area contributed by atoms with E-state index in [1.807, 2.05) is 24.3 Å². The molecule has 1 heterocycles. The summed E-state index contributed by atoms with van der Waals surface area (Å²) in [6.07, 6.45) is 1.51. The molecule has 7 heteroatoms. The summed E-state index contributed by atoms with van der Waals surface area (Å²) in [5, 5.41) is 6.10. The highest BCUT2D eigenvalue weighted by Gasteiger charge is 2.29. The number of anilines is 1. The number of hydrogen-bond donors (Lipinski definition) is 2. The summed E-state index contributed by atoms with van der Waals surface area (Å²) in [5.74, 6) is -0.521. The second kappa shape index (κ2) is 9.08. The first kappa shape index (κ1) is 21.3. The van der Waals surface area contributed by atoms with Gasteiger partial charge >= 0.3 is 0 Å². The first-order chi connectivity index (χ1) is 15.4. The van der Waals surface area contributed by atoms with Crippen LogP contribution in [-0.4, -0.2) is 24.7 Å². The molecule has 0 spiro atoms. The Hall–Kier alpha value is -3.90. The zero-order valence-electron chi connectivity index (χ0n) is 17.1. The highest BCUT2D eigenvalue weighted by Crippen LogP contribution is 2.28. The molecule has 2 N–H and O–H groups in total. The van der Waals surface area contributed by atoms with Gasteiger partial charge in [-0.15, -0.1) is 0 Å². The summed E-state index contributed by atoms with van der Waals surface area (Å²) in [6, 6.07) is 18.8. The fraction of sp³-hybridized carbons (Fsp3) is 0.0800. The smallest absolute Gasteiger partial charge is 0.259 e. The lowest BCUT2D eigenvalue weighted by Gasteiger charge is -2.19. The number of benzene rings is 3. The maximum Gasteiger partial charge on any atom is 0.259 e. The Morgan fingerprint density at radius 2 is 1.75 bits per heavy atom. The van der Waals surface area contributed by atoms with Gasteiger partial charge in [0.25, 0.3) is 11.8 Å². The van der Waals surface area contributed by atoms with Crippen LogP contribution in [0.15, 0.2) is 72.3 Å². The van der Waals surface area contributed by atoms with Gasteiger partial charge in [-0.2, -0.15) is 0 Å². The first-order valence-electron chi connectivity index (χ1n) is 9.83. The van der Waals surface area contributed by atoms with Gasteiger partial charge in [-0.3, -0.25) is 14.4 Å². The van der Waals surface area contributed by atoms with Gasteiger partial charge in [0.05, 0.1) is 18.4 Å². The van der Waals surface area contributed by atoms with Crippen molar-refractivity contribution in [3.8, 4) is 5.75 Å². The Kier molecular flexibility index (Phi) is 6.05. The van der Waals surface area contributed by atoms with Crippen molar-refractivity contribution in [2.45, 2.75) is 6.54 Å². The largest absolute Gasteiger partial charge is 0.497 e. The summed E-state index contributed by atoms with van der Waals surface area (Å²) in [5.41, 5.74) is 2.54. The molecular formula is C25H19ClN2O4. The van der Waals surface area contributed by atoms with E-state index in [1.165, 1.54) is 12.1 Å². The fourth-order valence-electron chi connectivity index (χ4n) is 3.30. The zero-order valence-corrected chi connectivity index (χ0v) is 17.9. The number of rotatable bonds is 5. The number of amides is 2. The molecule has 3 aromatic rings. The van der Waals surface area contributed by atoms with Gasteiger partial charge in [0.1, 0.15) is 5.75 Å². The number of halogens is 1. The molecule has 160 valence electrons. The van der Waals surface area contributed by atoms with E-state index in [2.05, 4.69) is 10.6 Å². The quantitative estimate of drug-likeness (QED) is 0.446. The number of carbonyl (C=O) groups is 3. The van der Waals surface area contributed by atoms with E-state index in [0.717, 1.165) is 11.3 Å². The Morgan fingerprint density at radius 3 is 2.44 bits per heavy atom. The molecule has 3 aromatic carbocycles. The average Bonchev–Trinajstić information content (AvgIpc) is 2.81. The van der Waals surface area contributed by atoms with Crippen LogP contribution >= 0.6 is 11.6 Å². The first-order valence-corrected chi connectivity index (χ1v) is 10.2. The predicted molar refractivity (Wildman–Crippen MR) is 123 cm³/mol. The molecule has 1 aliphatic heterocycles. The molecule has 6 nitrogen and oxygen atoms in total. The minimum atomic E-state index is -0.492. The van der Waals surface area contributed by atoms with Gasteiger partial charge in [0.2, 0.25) is 5.78 Å². The Labute approximate surface area is 189 Å². The van der Waals surface area contributed by atoms with E-state index in [-0.39, 0.29) is 17.0 Å². The molecule has 0 aromatic heterocycles. The van der Waals surface area contributed by atoms with E-state index in [9.17, 15) is 14.4 Å². The number of Topliss-reactive ketones (excluding diaryl/α,β-unsaturated/α-hetero) is 1. The summed E-state index contributed by atoms with van der Waals surface area (Å²) in [6.45, 7) is 0.326. The molecule has 4 rings (SSSR count). The van der Waals surface area contributed by atoms with Crippen molar-refractivity contribution in [1.29, 1.82) is 0 Å². The number of fused-ring (bicyclic) bond motifs is 1. The molecule has 0 aliphatic carbocycles. The second-order valence-corrected chi connectivity index (χ2v) is 7.62. The molecule has 0 atom stereocenters. The third kappa shape index (κ3) is 4.55. The Balaban J connectivity index is 1.53. The van der Waals surface area contributed by atoms with Crippen molar-refractivity contribution in [2.75, 3.05) is 12.4 Å². The van der Waals surface area contributed by atoms with Crippen LogP contribution in [0.5, 0.6) is 5.75 Å². The maximum atomic E-state index is 13.0. The summed E-state index contributed by atoms with van der Waals surface area (Å²) in [4.78, 5) is 38.1. The van der Waals surface area contributed by atoms with E-state index >= 15 is 0 Å². The van der Waals surface area contributed by atoms with Crippen LogP contribution in [0.25, 0.3) is 6.08 Å². The molecule has 0 unspecified atom stereocenters. The third-order valence-electron chi connectivity index (χ3n) is 5.06. The topological polar surface area (TPSA) is 84.5 Å². The van der Waals surface area contributed by atoms with Crippen molar-refractivity contribution >= 4 is 41.0 Å². The monoisotopic (exact) mass is 446 g/mol. The van der Waals surface area contributed by atoms with Crippen LogP contribution in [0.4, 0.5) is 5.69 Å². The van der Waals surface area contributed by atoms with Crippen molar-refractivity contribution in [1.82, 2.24) is 5.32 Å². The van der Waals surface area contributed by atoms with E-state index in [0.29, 0.717) is 28.4 Å². The summed E-state index contributed by atoms with van der Waals surface area (Å²) < 4.78 is 5.13. The third-order valence-corrected chi connectivity index (χ3v) is 5.31. The van der Waals surface area contributed by atoms with Crippen LogP contribution in [0.2, 0.25) is 5.02 Å². The van der Waals surface area contributed by atoms with Gasteiger partial charge in [-0.05, 0) is 59.7 Å². The highest BCUT2D eigenvalue weighted by molar-refractivity contribution is 6.36. The van der Waals surface area contributed by atoms with Crippen LogP contribution in [0.1, 0.15) is 31.8 Å². The van der Waals surface area contributed by atoms with E-state index < -0.39 is 11.7 Å². The molecule has 0 saturated heterocycles. The molecule has 1 aliphatic rings. The molecule has 0 fully saturated rings.